The second-order valence-corrected chi connectivity index (χ2v) is 4.33. The normalized spacial score (nSPS) is 12.9. The molecule has 0 bridgehead atoms. The summed E-state index contributed by atoms with van der Waals surface area (Å²) >= 11 is 0. The van der Waals surface area contributed by atoms with Crippen LogP contribution in [0.5, 0.6) is 0 Å². The van der Waals surface area contributed by atoms with Crippen LogP contribution in [0.1, 0.15) is 36.4 Å². The van der Waals surface area contributed by atoms with Crippen molar-refractivity contribution in [2.45, 2.75) is 32.9 Å². The molecule has 5 heteroatoms. The van der Waals surface area contributed by atoms with Gasteiger partial charge in [0.2, 0.25) is 0 Å². The molecule has 1 unspecified atom stereocenters. The number of hydrogen-bond donors (Lipinski definition) is 1. The molecule has 1 aromatic rings. The lowest BCUT2D eigenvalue weighted by atomic mass is 10.2. The van der Waals surface area contributed by atoms with Gasteiger partial charge in [0.15, 0.2) is 0 Å². The van der Waals surface area contributed by atoms with E-state index in [0.29, 0.717) is 25.0 Å². The quantitative estimate of drug-likeness (QED) is 0.771. The van der Waals surface area contributed by atoms with E-state index in [2.05, 4.69) is 18.7 Å². The summed E-state index contributed by atoms with van der Waals surface area (Å²) in [5.74, 6) is -0.291. The first kappa shape index (κ1) is 14.7. The number of rotatable bonds is 8. The zero-order valence-corrected chi connectivity index (χ0v) is 11.2. The predicted molar refractivity (Wildman–Crippen MR) is 67.7 cm³/mol. The van der Waals surface area contributed by atoms with Gasteiger partial charge in [-0.15, -0.1) is 0 Å². The fraction of sp³-hybridized carbons (Fsp3) is 0.615. The maximum absolute atomic E-state index is 10.8. The summed E-state index contributed by atoms with van der Waals surface area (Å²) in [6.45, 7) is 6.31. The van der Waals surface area contributed by atoms with Crippen LogP contribution in [0.15, 0.2) is 16.7 Å². The molecule has 1 heterocycles. The monoisotopic (exact) mass is 255 g/mol. The van der Waals surface area contributed by atoms with Gasteiger partial charge < -0.3 is 14.3 Å². The Hall–Kier alpha value is -1.33. The Morgan fingerprint density at radius 1 is 1.61 bits per heavy atom. The van der Waals surface area contributed by atoms with Gasteiger partial charge in [0.1, 0.15) is 12.0 Å². The SMILES string of the molecule is CCC(C)N(CCOC)Cc1cc(C(=O)O)co1. The topological polar surface area (TPSA) is 62.9 Å². The van der Waals surface area contributed by atoms with Crippen LogP contribution in [0, 0.1) is 0 Å². The number of carbonyl (C=O) groups is 1. The van der Waals surface area contributed by atoms with Gasteiger partial charge in [0, 0.05) is 19.7 Å². The molecule has 1 atom stereocenters. The summed E-state index contributed by atoms with van der Waals surface area (Å²) in [5.41, 5.74) is 0.195. The molecule has 5 nitrogen and oxygen atoms in total. The van der Waals surface area contributed by atoms with Crippen molar-refractivity contribution in [2.75, 3.05) is 20.3 Å². The Morgan fingerprint density at radius 2 is 2.33 bits per heavy atom. The molecule has 0 spiro atoms. The van der Waals surface area contributed by atoms with Crippen LogP contribution in [0.25, 0.3) is 0 Å². The van der Waals surface area contributed by atoms with Crippen molar-refractivity contribution in [1.82, 2.24) is 4.90 Å². The number of furan rings is 1. The molecule has 0 aromatic carbocycles. The highest BCUT2D eigenvalue weighted by Crippen LogP contribution is 2.13. The summed E-state index contributed by atoms with van der Waals surface area (Å²) in [5, 5.41) is 8.84. The molecule has 0 aliphatic rings. The Balaban J connectivity index is 2.65. The number of carboxylic acids is 1. The van der Waals surface area contributed by atoms with Gasteiger partial charge >= 0.3 is 5.97 Å². The second kappa shape index (κ2) is 7.18. The number of hydrogen-bond acceptors (Lipinski definition) is 4. The van der Waals surface area contributed by atoms with Crippen LogP contribution < -0.4 is 0 Å². The Labute approximate surface area is 107 Å². The van der Waals surface area contributed by atoms with Gasteiger partial charge in [-0.25, -0.2) is 4.79 Å². The molecule has 18 heavy (non-hydrogen) atoms. The largest absolute Gasteiger partial charge is 0.478 e. The van der Waals surface area contributed by atoms with E-state index in [-0.39, 0.29) is 5.56 Å². The fourth-order valence-corrected chi connectivity index (χ4v) is 1.70. The molecular formula is C13H21NO4. The zero-order chi connectivity index (χ0) is 13.5. The molecule has 0 aliphatic carbocycles. The molecule has 0 aliphatic heterocycles. The van der Waals surface area contributed by atoms with Crippen molar-refractivity contribution in [3.8, 4) is 0 Å². The Morgan fingerprint density at radius 3 is 2.83 bits per heavy atom. The van der Waals surface area contributed by atoms with Crippen LogP contribution in [0.4, 0.5) is 0 Å². The molecule has 0 fully saturated rings. The highest BCUT2D eigenvalue weighted by Gasteiger charge is 2.15. The summed E-state index contributed by atoms with van der Waals surface area (Å²) < 4.78 is 10.3. The maximum Gasteiger partial charge on any atom is 0.338 e. The van der Waals surface area contributed by atoms with Gasteiger partial charge in [-0.2, -0.15) is 0 Å². The molecule has 1 aromatic heterocycles. The minimum atomic E-state index is -0.961. The van der Waals surface area contributed by atoms with E-state index in [1.165, 1.54) is 6.26 Å². The van der Waals surface area contributed by atoms with E-state index in [4.69, 9.17) is 14.3 Å². The van der Waals surface area contributed by atoms with Crippen LogP contribution in [-0.4, -0.2) is 42.3 Å². The standard InChI is InChI=1S/C13H21NO4/c1-4-10(2)14(5-6-17-3)8-12-7-11(9-18-12)13(15)16/h7,9-10H,4-6,8H2,1-3H3,(H,15,16). The van der Waals surface area contributed by atoms with E-state index < -0.39 is 5.97 Å². The van der Waals surface area contributed by atoms with Gasteiger partial charge in [-0.05, 0) is 19.4 Å². The second-order valence-electron chi connectivity index (χ2n) is 4.33. The fourth-order valence-electron chi connectivity index (χ4n) is 1.70. The van der Waals surface area contributed by atoms with E-state index in [9.17, 15) is 4.79 Å². The summed E-state index contributed by atoms with van der Waals surface area (Å²) in [4.78, 5) is 13.0. The van der Waals surface area contributed by atoms with Crippen molar-refractivity contribution in [1.29, 1.82) is 0 Å². The van der Waals surface area contributed by atoms with Crippen molar-refractivity contribution in [3.63, 3.8) is 0 Å². The Kier molecular flexibility index (Phi) is 5.88. The number of ether oxygens (including phenoxy) is 1. The van der Waals surface area contributed by atoms with E-state index >= 15 is 0 Å². The third kappa shape index (κ3) is 4.16. The smallest absolute Gasteiger partial charge is 0.338 e. The molecule has 0 saturated heterocycles. The molecule has 0 amide bonds. The average molecular weight is 255 g/mol. The third-order valence-electron chi connectivity index (χ3n) is 3.06. The number of aromatic carboxylic acids is 1. The lowest BCUT2D eigenvalue weighted by molar-refractivity contribution is 0.0696. The van der Waals surface area contributed by atoms with E-state index in [1.54, 1.807) is 13.2 Å². The molecule has 0 saturated carbocycles. The summed E-state index contributed by atoms with van der Waals surface area (Å²) in [6, 6.07) is 1.98. The summed E-state index contributed by atoms with van der Waals surface area (Å²) in [6.07, 6.45) is 2.30. The van der Waals surface area contributed by atoms with Gasteiger partial charge in [-0.1, -0.05) is 6.92 Å². The molecule has 1 rings (SSSR count). The van der Waals surface area contributed by atoms with Crippen LogP contribution in [0.3, 0.4) is 0 Å². The predicted octanol–water partition coefficient (Wildman–Crippen LogP) is 2.22. The maximum atomic E-state index is 10.8. The van der Waals surface area contributed by atoms with Crippen molar-refractivity contribution < 1.29 is 19.1 Å². The van der Waals surface area contributed by atoms with E-state index in [1.807, 2.05) is 0 Å². The minimum Gasteiger partial charge on any atom is -0.478 e. The molecular weight excluding hydrogens is 234 g/mol. The number of carboxylic acid groups (broad SMARTS) is 1. The van der Waals surface area contributed by atoms with Crippen molar-refractivity contribution in [3.05, 3.63) is 23.7 Å². The first-order valence-corrected chi connectivity index (χ1v) is 6.12. The lowest BCUT2D eigenvalue weighted by Crippen LogP contribution is -2.34. The molecule has 102 valence electrons. The van der Waals surface area contributed by atoms with Crippen LogP contribution in [0.2, 0.25) is 0 Å². The van der Waals surface area contributed by atoms with Gasteiger partial charge in [-0.3, -0.25) is 4.90 Å². The lowest BCUT2D eigenvalue weighted by Gasteiger charge is -2.27. The van der Waals surface area contributed by atoms with Crippen LogP contribution in [-0.2, 0) is 11.3 Å². The van der Waals surface area contributed by atoms with Gasteiger partial charge in [0.25, 0.3) is 0 Å². The summed E-state index contributed by atoms with van der Waals surface area (Å²) in [7, 11) is 1.67. The zero-order valence-electron chi connectivity index (χ0n) is 11.2. The number of nitrogens with zero attached hydrogens (tertiary/aromatic N) is 1. The highest BCUT2D eigenvalue weighted by molar-refractivity contribution is 5.87. The average Bonchev–Trinajstić information content (AvgIpc) is 2.82. The minimum absolute atomic E-state index is 0.195. The van der Waals surface area contributed by atoms with E-state index in [0.717, 1.165) is 13.0 Å². The number of methoxy groups -OCH3 is 1. The van der Waals surface area contributed by atoms with Crippen molar-refractivity contribution >= 4 is 5.97 Å². The van der Waals surface area contributed by atoms with Gasteiger partial charge in [0.05, 0.1) is 18.7 Å². The molecule has 1 N–H and O–H groups in total. The van der Waals surface area contributed by atoms with Crippen molar-refractivity contribution in [2.24, 2.45) is 0 Å². The first-order chi connectivity index (χ1) is 8.58. The van der Waals surface area contributed by atoms with Crippen LogP contribution >= 0.6 is 0 Å². The Bertz CT molecular complexity index is 375. The first-order valence-electron chi connectivity index (χ1n) is 6.12. The molecule has 0 radical (unpaired) electrons. The highest BCUT2D eigenvalue weighted by atomic mass is 16.5. The third-order valence-corrected chi connectivity index (χ3v) is 3.06.